The lowest BCUT2D eigenvalue weighted by Crippen LogP contribution is -2.41. The summed E-state index contributed by atoms with van der Waals surface area (Å²) in [7, 11) is 0. The highest BCUT2D eigenvalue weighted by Crippen LogP contribution is 2.02. The number of benzene rings is 1. The van der Waals surface area contributed by atoms with Crippen LogP contribution in [0.4, 0.5) is 4.39 Å². The maximum absolute atomic E-state index is 13.0. The molecule has 0 saturated carbocycles. The summed E-state index contributed by atoms with van der Waals surface area (Å²) >= 11 is 0. The van der Waals surface area contributed by atoms with E-state index in [-0.39, 0.29) is 5.91 Å². The minimum Gasteiger partial charge on any atom is -0.356 e. The van der Waals surface area contributed by atoms with Gasteiger partial charge >= 0.3 is 0 Å². The van der Waals surface area contributed by atoms with Crippen LogP contribution in [0.3, 0.4) is 0 Å². The molecule has 20 heavy (non-hydrogen) atoms. The zero-order valence-electron chi connectivity index (χ0n) is 11.3. The first kappa shape index (κ1) is 14.3. The molecule has 1 amide bonds. The van der Waals surface area contributed by atoms with Crippen molar-refractivity contribution in [3.63, 3.8) is 0 Å². The maximum atomic E-state index is 13.0. The summed E-state index contributed by atoms with van der Waals surface area (Å²) in [6.07, 6.45) is 1.84. The number of carbonyl (C=O) groups excluding carboxylic acids is 1. The van der Waals surface area contributed by atoms with Crippen molar-refractivity contribution in [3.05, 3.63) is 35.6 Å². The van der Waals surface area contributed by atoms with Gasteiger partial charge in [-0.3, -0.25) is 9.79 Å². The molecule has 0 aromatic heterocycles. The normalized spacial score (nSPS) is 14.2. The average molecular weight is 278 g/mol. The quantitative estimate of drug-likeness (QED) is 0.701. The Morgan fingerprint density at radius 1 is 1.40 bits per heavy atom. The lowest BCUT2D eigenvalue weighted by molar-refractivity contribution is 0.0953. The lowest BCUT2D eigenvalue weighted by Gasteiger charge is -2.15. The molecule has 5 nitrogen and oxygen atoms in total. The summed E-state index contributed by atoms with van der Waals surface area (Å²) in [6.45, 7) is 3.07. The summed E-state index contributed by atoms with van der Waals surface area (Å²) in [5.74, 6) is 0.172. The Bertz CT molecular complexity index is 490. The van der Waals surface area contributed by atoms with E-state index in [1.54, 1.807) is 6.07 Å². The number of rotatable bonds is 5. The van der Waals surface area contributed by atoms with Crippen LogP contribution < -0.4 is 16.0 Å². The van der Waals surface area contributed by atoms with Crippen molar-refractivity contribution >= 4 is 11.9 Å². The van der Waals surface area contributed by atoms with Gasteiger partial charge < -0.3 is 16.0 Å². The molecule has 3 N–H and O–H groups in total. The van der Waals surface area contributed by atoms with Crippen LogP contribution in [0.15, 0.2) is 29.3 Å². The minimum absolute atomic E-state index is 0.252. The molecule has 6 heteroatoms. The van der Waals surface area contributed by atoms with E-state index in [0.29, 0.717) is 12.1 Å². The van der Waals surface area contributed by atoms with Crippen LogP contribution in [0.25, 0.3) is 0 Å². The molecule has 1 heterocycles. The second-order valence-electron chi connectivity index (χ2n) is 4.56. The number of carbonyl (C=O) groups is 1. The average Bonchev–Trinajstić information content (AvgIpc) is 2.48. The van der Waals surface area contributed by atoms with E-state index in [0.717, 1.165) is 38.4 Å². The zero-order valence-corrected chi connectivity index (χ0v) is 11.3. The van der Waals surface area contributed by atoms with Crippen molar-refractivity contribution in [2.45, 2.75) is 12.8 Å². The molecule has 0 spiro atoms. The number of aliphatic imine (C=N–C) groups is 1. The van der Waals surface area contributed by atoms with Gasteiger partial charge in [0.05, 0.1) is 0 Å². The van der Waals surface area contributed by atoms with E-state index < -0.39 is 5.82 Å². The number of nitrogens with zero attached hydrogens (tertiary/aromatic N) is 1. The first-order valence-corrected chi connectivity index (χ1v) is 6.81. The van der Waals surface area contributed by atoms with Gasteiger partial charge in [-0.05, 0) is 31.0 Å². The van der Waals surface area contributed by atoms with Crippen LogP contribution in [-0.2, 0) is 0 Å². The van der Waals surface area contributed by atoms with Gasteiger partial charge in [-0.25, -0.2) is 4.39 Å². The number of nitrogens with one attached hydrogen (secondary N) is 3. The Balaban J connectivity index is 1.63. The van der Waals surface area contributed by atoms with E-state index >= 15 is 0 Å². The summed E-state index contributed by atoms with van der Waals surface area (Å²) < 4.78 is 13.0. The number of halogens is 1. The standard InChI is InChI=1S/C14H19FN4O/c15-12-5-1-4-11(10-12)13(20)16-6-2-7-17-14-18-8-3-9-19-14/h1,4-5,10H,2-3,6-9H2,(H,16,20)(H2,17,18,19). The molecule has 0 fully saturated rings. The molecule has 1 aliphatic heterocycles. The van der Waals surface area contributed by atoms with E-state index in [9.17, 15) is 9.18 Å². The van der Waals surface area contributed by atoms with Gasteiger partial charge in [0.15, 0.2) is 5.96 Å². The van der Waals surface area contributed by atoms with Crippen molar-refractivity contribution in [1.82, 2.24) is 16.0 Å². The van der Waals surface area contributed by atoms with Gasteiger partial charge in [0, 0.05) is 31.7 Å². The highest BCUT2D eigenvalue weighted by Gasteiger charge is 2.06. The Kier molecular flexibility index (Phi) is 5.34. The molecule has 0 atom stereocenters. The molecule has 1 aromatic carbocycles. The molecule has 0 unspecified atom stereocenters. The molecule has 0 radical (unpaired) electrons. The van der Waals surface area contributed by atoms with Gasteiger partial charge in [-0.2, -0.15) is 0 Å². The van der Waals surface area contributed by atoms with Crippen molar-refractivity contribution in [1.29, 1.82) is 0 Å². The Labute approximate surface area is 117 Å². The summed E-state index contributed by atoms with van der Waals surface area (Å²) in [4.78, 5) is 16.0. The first-order valence-electron chi connectivity index (χ1n) is 6.81. The fourth-order valence-corrected chi connectivity index (χ4v) is 1.88. The molecule has 1 aliphatic rings. The fourth-order valence-electron chi connectivity index (χ4n) is 1.88. The summed E-state index contributed by atoms with van der Waals surface area (Å²) in [5.41, 5.74) is 0.344. The third-order valence-corrected chi connectivity index (χ3v) is 2.92. The Morgan fingerprint density at radius 2 is 2.30 bits per heavy atom. The monoisotopic (exact) mass is 278 g/mol. The maximum Gasteiger partial charge on any atom is 0.251 e. The molecule has 0 bridgehead atoms. The number of amides is 1. The molecule has 0 saturated heterocycles. The molecular weight excluding hydrogens is 259 g/mol. The third kappa shape index (κ3) is 4.53. The molecular formula is C14H19FN4O. The van der Waals surface area contributed by atoms with E-state index in [2.05, 4.69) is 20.9 Å². The number of hydrogen-bond acceptors (Lipinski definition) is 4. The molecule has 1 aromatic rings. The predicted octanol–water partition coefficient (Wildman–Crippen LogP) is 0.885. The van der Waals surface area contributed by atoms with Crippen LogP contribution in [-0.4, -0.2) is 38.0 Å². The van der Waals surface area contributed by atoms with Gasteiger partial charge in [-0.1, -0.05) is 6.07 Å². The minimum atomic E-state index is -0.402. The van der Waals surface area contributed by atoms with Gasteiger partial charge in [-0.15, -0.1) is 0 Å². The van der Waals surface area contributed by atoms with E-state index in [1.165, 1.54) is 18.2 Å². The number of guanidine groups is 1. The summed E-state index contributed by atoms with van der Waals surface area (Å²) in [5, 5.41) is 9.09. The Hall–Kier alpha value is -2.11. The SMILES string of the molecule is O=C(NCCCNC1=NCCCN1)c1cccc(F)c1. The lowest BCUT2D eigenvalue weighted by atomic mass is 10.2. The summed E-state index contributed by atoms with van der Waals surface area (Å²) in [6, 6.07) is 5.67. The molecule has 0 aliphatic carbocycles. The van der Waals surface area contributed by atoms with Crippen LogP contribution in [0, 0.1) is 5.82 Å². The third-order valence-electron chi connectivity index (χ3n) is 2.92. The van der Waals surface area contributed by atoms with Crippen LogP contribution in [0.1, 0.15) is 23.2 Å². The Morgan fingerprint density at radius 3 is 3.05 bits per heavy atom. The van der Waals surface area contributed by atoms with Gasteiger partial charge in [0.1, 0.15) is 5.82 Å². The highest BCUT2D eigenvalue weighted by atomic mass is 19.1. The van der Waals surface area contributed by atoms with E-state index in [1.807, 2.05) is 0 Å². The van der Waals surface area contributed by atoms with Crippen molar-refractivity contribution < 1.29 is 9.18 Å². The van der Waals surface area contributed by atoms with Crippen LogP contribution in [0.5, 0.6) is 0 Å². The zero-order chi connectivity index (χ0) is 14.2. The first-order chi connectivity index (χ1) is 9.75. The van der Waals surface area contributed by atoms with Gasteiger partial charge in [0.2, 0.25) is 0 Å². The largest absolute Gasteiger partial charge is 0.356 e. The topological polar surface area (TPSA) is 65.5 Å². The number of hydrogen-bond donors (Lipinski definition) is 3. The van der Waals surface area contributed by atoms with Crippen molar-refractivity contribution in [3.8, 4) is 0 Å². The van der Waals surface area contributed by atoms with Gasteiger partial charge in [0.25, 0.3) is 5.91 Å². The fraction of sp³-hybridized carbons (Fsp3) is 0.429. The molecule has 108 valence electrons. The van der Waals surface area contributed by atoms with Crippen LogP contribution in [0.2, 0.25) is 0 Å². The second kappa shape index (κ2) is 7.47. The second-order valence-corrected chi connectivity index (χ2v) is 4.56. The van der Waals surface area contributed by atoms with Crippen molar-refractivity contribution in [2.75, 3.05) is 26.2 Å². The van der Waals surface area contributed by atoms with Crippen molar-refractivity contribution in [2.24, 2.45) is 4.99 Å². The molecule has 2 rings (SSSR count). The van der Waals surface area contributed by atoms with E-state index in [4.69, 9.17) is 0 Å². The highest BCUT2D eigenvalue weighted by molar-refractivity contribution is 5.94. The predicted molar refractivity (Wildman–Crippen MR) is 76.3 cm³/mol. The van der Waals surface area contributed by atoms with Crippen LogP contribution >= 0.6 is 0 Å². The smallest absolute Gasteiger partial charge is 0.251 e.